The molecule has 2 saturated carbocycles. The number of hydrogen-bond acceptors (Lipinski definition) is 0. The average molecular weight is 124 g/mol. The van der Waals surface area contributed by atoms with Crippen LogP contribution in [0.5, 0.6) is 0 Å². The normalized spacial score (nSPS) is 70.7. The van der Waals surface area contributed by atoms with Gasteiger partial charge in [0.05, 0.1) is 0 Å². The summed E-state index contributed by atoms with van der Waals surface area (Å²) in [7, 11) is 0. The molecule has 3 unspecified atom stereocenters. The summed E-state index contributed by atoms with van der Waals surface area (Å²) in [6, 6.07) is 0. The Hall–Kier alpha value is 0. The van der Waals surface area contributed by atoms with Crippen molar-refractivity contribution in [1.29, 1.82) is 0 Å². The third-order valence-corrected chi connectivity index (χ3v) is 4.47. The van der Waals surface area contributed by atoms with E-state index in [2.05, 4.69) is 27.7 Å². The van der Waals surface area contributed by atoms with E-state index in [1.54, 1.807) is 0 Å². The molecule has 0 aromatic carbocycles. The largest absolute Gasteiger partial charge is 0.0619 e. The Bertz CT molecular complexity index is 137. The first-order valence-electron chi connectivity index (χ1n) is 4.10. The zero-order chi connectivity index (χ0) is 6.81. The standard InChI is InChI=1S/C9H16/c1-5-6(2)9(4)7(3)8(5)9/h5-8H,1-4H3/t5?,6-,7?,8?,9-/m1/s1. The average Bonchev–Trinajstić information content (AvgIpc) is 2.33. The summed E-state index contributed by atoms with van der Waals surface area (Å²) in [4.78, 5) is 0. The summed E-state index contributed by atoms with van der Waals surface area (Å²) in [6.07, 6.45) is 0. The highest BCUT2D eigenvalue weighted by molar-refractivity contribution is 5.19. The number of fused-ring (bicyclic) bond motifs is 1. The van der Waals surface area contributed by atoms with Gasteiger partial charge in [-0.2, -0.15) is 0 Å². The first-order valence-corrected chi connectivity index (χ1v) is 4.10. The van der Waals surface area contributed by atoms with Crippen LogP contribution in [0, 0.1) is 29.1 Å². The molecule has 2 fully saturated rings. The van der Waals surface area contributed by atoms with Crippen LogP contribution in [0.4, 0.5) is 0 Å². The molecule has 0 spiro atoms. The molecule has 0 N–H and O–H groups in total. The molecular formula is C9H16. The molecule has 5 atom stereocenters. The topological polar surface area (TPSA) is 0 Å². The van der Waals surface area contributed by atoms with Gasteiger partial charge in [-0.15, -0.1) is 0 Å². The molecule has 0 heteroatoms. The molecule has 0 amide bonds. The maximum absolute atomic E-state index is 2.45. The van der Waals surface area contributed by atoms with Gasteiger partial charge < -0.3 is 0 Å². The summed E-state index contributed by atoms with van der Waals surface area (Å²) < 4.78 is 0. The Labute approximate surface area is 57.6 Å². The van der Waals surface area contributed by atoms with Crippen molar-refractivity contribution < 1.29 is 0 Å². The Morgan fingerprint density at radius 3 is 1.67 bits per heavy atom. The van der Waals surface area contributed by atoms with Crippen LogP contribution in [-0.2, 0) is 0 Å². The lowest BCUT2D eigenvalue weighted by molar-refractivity contribution is 0.105. The number of rotatable bonds is 0. The van der Waals surface area contributed by atoms with Crippen molar-refractivity contribution in [2.75, 3.05) is 0 Å². The predicted octanol–water partition coefficient (Wildman–Crippen LogP) is 2.54. The first kappa shape index (κ1) is 5.76. The molecule has 0 nitrogen and oxygen atoms in total. The van der Waals surface area contributed by atoms with Crippen LogP contribution in [0.25, 0.3) is 0 Å². The van der Waals surface area contributed by atoms with E-state index in [1.165, 1.54) is 0 Å². The van der Waals surface area contributed by atoms with E-state index < -0.39 is 0 Å². The van der Waals surface area contributed by atoms with Crippen molar-refractivity contribution in [3.05, 3.63) is 0 Å². The SMILES string of the molecule is CC1C2C(C)[C@@]2(C)[C@@H]1C. The maximum atomic E-state index is 2.45. The van der Waals surface area contributed by atoms with E-state index in [0.717, 1.165) is 29.1 Å². The summed E-state index contributed by atoms with van der Waals surface area (Å²) in [5.41, 5.74) is 0.777. The Morgan fingerprint density at radius 2 is 1.56 bits per heavy atom. The van der Waals surface area contributed by atoms with Crippen molar-refractivity contribution in [2.24, 2.45) is 29.1 Å². The highest BCUT2D eigenvalue weighted by Gasteiger charge is 2.72. The molecule has 52 valence electrons. The molecular weight excluding hydrogens is 108 g/mol. The third-order valence-electron chi connectivity index (χ3n) is 4.47. The smallest absolute Gasteiger partial charge is 0.0235 e. The third kappa shape index (κ3) is 0.367. The molecule has 0 saturated heterocycles. The van der Waals surface area contributed by atoms with E-state index in [9.17, 15) is 0 Å². The lowest BCUT2D eigenvalue weighted by Crippen LogP contribution is -2.32. The molecule has 0 aromatic heterocycles. The second-order valence-electron chi connectivity index (χ2n) is 4.33. The molecule has 0 radical (unpaired) electrons. The van der Waals surface area contributed by atoms with E-state index >= 15 is 0 Å². The highest BCUT2D eigenvalue weighted by atomic mass is 14.8. The van der Waals surface area contributed by atoms with E-state index in [4.69, 9.17) is 0 Å². The molecule has 2 rings (SSSR count). The highest BCUT2D eigenvalue weighted by Crippen LogP contribution is 2.77. The van der Waals surface area contributed by atoms with E-state index in [-0.39, 0.29) is 0 Å². The van der Waals surface area contributed by atoms with Gasteiger partial charge in [0.2, 0.25) is 0 Å². The zero-order valence-electron chi connectivity index (χ0n) is 6.81. The summed E-state index contributed by atoms with van der Waals surface area (Å²) >= 11 is 0. The fourth-order valence-corrected chi connectivity index (χ4v) is 3.29. The molecule has 9 heavy (non-hydrogen) atoms. The van der Waals surface area contributed by atoms with Gasteiger partial charge in [-0.1, -0.05) is 27.7 Å². The van der Waals surface area contributed by atoms with Gasteiger partial charge in [-0.25, -0.2) is 0 Å². The van der Waals surface area contributed by atoms with Gasteiger partial charge in [-0.05, 0) is 29.1 Å². The molecule has 0 bridgehead atoms. The van der Waals surface area contributed by atoms with Crippen molar-refractivity contribution in [2.45, 2.75) is 27.7 Å². The molecule has 2 aliphatic rings. The quantitative estimate of drug-likeness (QED) is 0.465. The molecule has 2 aliphatic carbocycles. The lowest BCUT2D eigenvalue weighted by atomic mass is 9.67. The van der Waals surface area contributed by atoms with Crippen molar-refractivity contribution in [3.63, 3.8) is 0 Å². The van der Waals surface area contributed by atoms with Gasteiger partial charge in [0, 0.05) is 0 Å². The first-order chi connectivity index (χ1) is 4.10. The molecule has 0 aliphatic heterocycles. The minimum absolute atomic E-state index is 0.777. The van der Waals surface area contributed by atoms with Gasteiger partial charge in [0.25, 0.3) is 0 Å². The van der Waals surface area contributed by atoms with Crippen LogP contribution in [-0.4, -0.2) is 0 Å². The van der Waals surface area contributed by atoms with Crippen LogP contribution in [0.1, 0.15) is 27.7 Å². The number of hydrogen-bond donors (Lipinski definition) is 0. The fourth-order valence-electron chi connectivity index (χ4n) is 3.29. The van der Waals surface area contributed by atoms with Crippen molar-refractivity contribution >= 4 is 0 Å². The second kappa shape index (κ2) is 1.21. The Morgan fingerprint density at radius 1 is 1.00 bits per heavy atom. The summed E-state index contributed by atoms with van der Waals surface area (Å²) in [6.45, 7) is 9.67. The van der Waals surface area contributed by atoms with Crippen LogP contribution < -0.4 is 0 Å². The van der Waals surface area contributed by atoms with E-state index in [1.807, 2.05) is 0 Å². The van der Waals surface area contributed by atoms with Crippen LogP contribution in [0.2, 0.25) is 0 Å². The van der Waals surface area contributed by atoms with E-state index in [0.29, 0.717) is 0 Å². The van der Waals surface area contributed by atoms with Gasteiger partial charge in [-0.3, -0.25) is 0 Å². The monoisotopic (exact) mass is 124 g/mol. The van der Waals surface area contributed by atoms with Gasteiger partial charge >= 0.3 is 0 Å². The Balaban J connectivity index is 2.19. The van der Waals surface area contributed by atoms with Gasteiger partial charge in [0.1, 0.15) is 0 Å². The van der Waals surface area contributed by atoms with Crippen LogP contribution in [0.3, 0.4) is 0 Å². The van der Waals surface area contributed by atoms with Gasteiger partial charge in [0.15, 0.2) is 0 Å². The predicted molar refractivity (Wildman–Crippen MR) is 39.1 cm³/mol. The fraction of sp³-hybridized carbons (Fsp3) is 1.00. The molecule has 0 aromatic rings. The summed E-state index contributed by atoms with van der Waals surface area (Å²) in [5.74, 6) is 4.14. The maximum Gasteiger partial charge on any atom is -0.0235 e. The molecule has 0 heterocycles. The minimum Gasteiger partial charge on any atom is -0.0619 e. The van der Waals surface area contributed by atoms with Crippen LogP contribution in [0.15, 0.2) is 0 Å². The minimum atomic E-state index is 0.777. The zero-order valence-corrected chi connectivity index (χ0v) is 6.81. The summed E-state index contributed by atoms with van der Waals surface area (Å²) in [5, 5.41) is 0. The van der Waals surface area contributed by atoms with Crippen LogP contribution >= 0.6 is 0 Å². The lowest BCUT2D eigenvalue weighted by Gasteiger charge is -2.37. The Kier molecular flexibility index (Phi) is 0.774. The van der Waals surface area contributed by atoms with Crippen molar-refractivity contribution in [1.82, 2.24) is 0 Å². The van der Waals surface area contributed by atoms with Crippen molar-refractivity contribution in [3.8, 4) is 0 Å². The second-order valence-corrected chi connectivity index (χ2v) is 4.33.